The Kier molecular flexibility index (Phi) is 6.73. The van der Waals surface area contributed by atoms with Crippen molar-refractivity contribution < 1.29 is 19.8 Å². The van der Waals surface area contributed by atoms with E-state index < -0.39 is 11.9 Å². The van der Waals surface area contributed by atoms with E-state index in [0.29, 0.717) is 16.2 Å². The van der Waals surface area contributed by atoms with Crippen LogP contribution >= 0.6 is 11.3 Å². The highest BCUT2D eigenvalue weighted by molar-refractivity contribution is 7.14. The van der Waals surface area contributed by atoms with Crippen LogP contribution < -0.4 is 5.43 Å². The van der Waals surface area contributed by atoms with Crippen molar-refractivity contribution in [2.75, 3.05) is 0 Å². The molecule has 0 fully saturated rings. The summed E-state index contributed by atoms with van der Waals surface area (Å²) in [6.45, 7) is 8.04. The molecule has 33 heavy (non-hydrogen) atoms. The molecule has 1 amide bonds. The summed E-state index contributed by atoms with van der Waals surface area (Å²) >= 11 is 1.36. The average Bonchev–Trinajstić information content (AvgIpc) is 3.17. The Bertz CT molecular complexity index is 1250. The normalized spacial score (nSPS) is 11.8. The topological polar surface area (TPSA) is 128 Å². The van der Waals surface area contributed by atoms with Gasteiger partial charge in [-0.25, -0.2) is 10.2 Å². The van der Waals surface area contributed by atoms with Crippen LogP contribution in [0.3, 0.4) is 0 Å². The lowest BCUT2D eigenvalue weighted by Crippen LogP contribution is -2.19. The number of rotatable bonds is 6. The molecule has 0 aliphatic carbocycles. The number of aromatic carboxylic acids is 1. The molecule has 9 heteroatoms. The molecule has 0 atom stereocenters. The number of nitrogens with zero attached hydrogens (tertiary/aromatic N) is 2. The number of carbonyl (C=O) groups excluding carboxylic acids is 1. The van der Waals surface area contributed by atoms with E-state index in [1.54, 1.807) is 12.3 Å². The van der Waals surface area contributed by atoms with Gasteiger partial charge < -0.3 is 10.2 Å². The third-order valence-corrected chi connectivity index (χ3v) is 6.10. The number of carbonyl (C=O) groups is 2. The van der Waals surface area contributed by atoms with Crippen molar-refractivity contribution >= 4 is 34.6 Å². The molecule has 1 aromatic heterocycles. The fourth-order valence-electron chi connectivity index (χ4n) is 3.12. The lowest BCUT2D eigenvalue weighted by molar-refractivity contribution is 0.0697. The largest absolute Gasteiger partial charge is 0.506 e. The van der Waals surface area contributed by atoms with Gasteiger partial charge in [-0.15, -0.1) is 16.2 Å². The van der Waals surface area contributed by atoms with Gasteiger partial charge in [-0.05, 0) is 46.8 Å². The molecule has 0 saturated carbocycles. The number of nitroso groups, excluding NO2 is 1. The minimum atomic E-state index is -1.32. The molecule has 1 heterocycles. The highest BCUT2D eigenvalue weighted by Gasteiger charge is 2.18. The predicted molar refractivity (Wildman–Crippen MR) is 129 cm³/mol. The number of hydrogen-bond acceptors (Lipinski definition) is 7. The van der Waals surface area contributed by atoms with E-state index in [0.717, 1.165) is 17.7 Å². The Morgan fingerprint density at radius 1 is 1.03 bits per heavy atom. The van der Waals surface area contributed by atoms with Gasteiger partial charge in [-0.3, -0.25) is 4.79 Å². The molecule has 170 valence electrons. The number of aromatic hydroxyl groups is 1. The van der Waals surface area contributed by atoms with Crippen LogP contribution in [0.4, 0.5) is 5.69 Å². The van der Waals surface area contributed by atoms with Crippen molar-refractivity contribution in [1.82, 2.24) is 5.43 Å². The number of hydrazone groups is 1. The van der Waals surface area contributed by atoms with Gasteiger partial charge in [0.05, 0.1) is 21.7 Å². The van der Waals surface area contributed by atoms with Gasteiger partial charge in [0.1, 0.15) is 11.4 Å². The van der Waals surface area contributed by atoms with Crippen LogP contribution in [0.15, 0.2) is 58.1 Å². The average molecular weight is 466 g/mol. The van der Waals surface area contributed by atoms with Crippen molar-refractivity contribution in [1.29, 1.82) is 0 Å². The Hall–Kier alpha value is -3.85. The molecular weight excluding hydrogens is 442 g/mol. The van der Waals surface area contributed by atoms with Crippen LogP contribution in [0.5, 0.6) is 5.75 Å². The van der Waals surface area contributed by atoms with Crippen molar-refractivity contribution in [3.63, 3.8) is 0 Å². The quantitative estimate of drug-likeness (QED) is 0.245. The minimum Gasteiger partial charge on any atom is -0.506 e. The highest BCUT2D eigenvalue weighted by Crippen LogP contribution is 2.39. The molecule has 8 nitrogen and oxygen atoms in total. The second-order valence-electron chi connectivity index (χ2n) is 8.42. The van der Waals surface area contributed by atoms with Gasteiger partial charge in [0.25, 0.3) is 5.91 Å². The molecule has 0 radical (unpaired) electrons. The molecule has 3 aromatic rings. The van der Waals surface area contributed by atoms with Crippen LogP contribution in [0, 0.1) is 4.91 Å². The molecular formula is C24H23N3O5S. The van der Waals surface area contributed by atoms with Crippen LogP contribution in [-0.4, -0.2) is 27.8 Å². The van der Waals surface area contributed by atoms with Crippen LogP contribution in [-0.2, 0) is 5.41 Å². The first-order valence-electron chi connectivity index (χ1n) is 10.00. The van der Waals surface area contributed by atoms with Gasteiger partial charge in [0, 0.05) is 10.9 Å². The maximum Gasteiger partial charge on any atom is 0.338 e. The van der Waals surface area contributed by atoms with E-state index in [2.05, 4.69) is 36.5 Å². The van der Waals surface area contributed by atoms with E-state index in [4.69, 9.17) is 5.11 Å². The second kappa shape index (κ2) is 9.33. The van der Waals surface area contributed by atoms with E-state index in [-0.39, 0.29) is 28.0 Å². The van der Waals surface area contributed by atoms with Crippen LogP contribution in [0.25, 0.3) is 10.4 Å². The molecule has 0 bridgehead atoms. The number of thiophene rings is 1. The maximum absolute atomic E-state index is 12.4. The van der Waals surface area contributed by atoms with Crippen LogP contribution in [0.2, 0.25) is 0 Å². The third kappa shape index (κ3) is 5.15. The molecule has 0 unspecified atom stereocenters. The molecule has 0 aliphatic rings. The zero-order chi connectivity index (χ0) is 24.3. The SMILES string of the molecule is C/C(=N\NC(=O)c1ccc(C(=O)O)c(N=O)c1)c1csc(-c2ccc(C(C)(C)C)cc2)c1O. The minimum absolute atomic E-state index is 0.0269. The summed E-state index contributed by atoms with van der Waals surface area (Å²) in [4.78, 5) is 35.0. The monoisotopic (exact) mass is 465 g/mol. The number of carboxylic acid groups (broad SMARTS) is 1. The van der Waals surface area contributed by atoms with Crippen molar-refractivity contribution in [2.45, 2.75) is 33.1 Å². The third-order valence-electron chi connectivity index (χ3n) is 5.08. The summed E-state index contributed by atoms with van der Waals surface area (Å²) in [5.74, 6) is -1.90. The Labute approximate surface area is 194 Å². The lowest BCUT2D eigenvalue weighted by Gasteiger charge is -2.19. The van der Waals surface area contributed by atoms with Gasteiger partial charge in [-0.2, -0.15) is 5.10 Å². The standard InChI is InChI=1S/C24H23N3O5S/c1-13(25-26-22(29)15-7-10-17(23(30)31)19(11-15)27-32)18-12-33-21(20(18)28)14-5-8-16(9-6-14)24(2,3)4/h5-12,28H,1-4H3,(H,26,29)(H,30,31)/b25-13+. The molecule has 3 rings (SSSR count). The van der Waals surface area contributed by atoms with Crippen molar-refractivity contribution in [3.05, 3.63) is 75.0 Å². The smallest absolute Gasteiger partial charge is 0.338 e. The maximum atomic E-state index is 12.4. The predicted octanol–water partition coefficient (Wildman–Crippen LogP) is 5.67. The first-order chi connectivity index (χ1) is 15.5. The summed E-state index contributed by atoms with van der Waals surface area (Å²) < 4.78 is 0. The Morgan fingerprint density at radius 3 is 2.27 bits per heavy atom. The summed E-state index contributed by atoms with van der Waals surface area (Å²) in [5.41, 5.74) is 4.67. The molecule has 2 aromatic carbocycles. The first kappa shape index (κ1) is 23.8. The molecule has 0 spiro atoms. The second-order valence-corrected chi connectivity index (χ2v) is 9.30. The van der Waals surface area contributed by atoms with Crippen molar-refractivity contribution in [3.8, 4) is 16.2 Å². The number of hydrogen-bond donors (Lipinski definition) is 3. The van der Waals surface area contributed by atoms with E-state index in [9.17, 15) is 19.6 Å². The zero-order valence-electron chi connectivity index (χ0n) is 18.5. The van der Waals surface area contributed by atoms with Gasteiger partial charge in [0.2, 0.25) is 0 Å². The van der Waals surface area contributed by atoms with Crippen LogP contribution in [0.1, 0.15) is 59.5 Å². The lowest BCUT2D eigenvalue weighted by atomic mass is 9.86. The summed E-state index contributed by atoms with van der Waals surface area (Å²) in [5, 5.41) is 28.2. The summed E-state index contributed by atoms with van der Waals surface area (Å²) in [7, 11) is 0. The molecule has 0 saturated heterocycles. The first-order valence-corrected chi connectivity index (χ1v) is 10.9. The Morgan fingerprint density at radius 2 is 1.70 bits per heavy atom. The van der Waals surface area contributed by atoms with Gasteiger partial charge in [-0.1, -0.05) is 45.0 Å². The zero-order valence-corrected chi connectivity index (χ0v) is 19.4. The summed E-state index contributed by atoms with van der Waals surface area (Å²) in [6, 6.07) is 11.5. The van der Waals surface area contributed by atoms with E-state index in [1.807, 2.05) is 24.3 Å². The van der Waals surface area contributed by atoms with E-state index in [1.165, 1.54) is 23.0 Å². The highest BCUT2D eigenvalue weighted by atomic mass is 32.1. The number of nitrogens with one attached hydrogen (secondary N) is 1. The van der Waals surface area contributed by atoms with Gasteiger partial charge in [0.15, 0.2) is 0 Å². The number of carboxylic acids is 1. The Balaban J connectivity index is 1.79. The van der Waals surface area contributed by atoms with Gasteiger partial charge >= 0.3 is 5.97 Å². The fraction of sp³-hybridized carbons (Fsp3) is 0.208. The number of benzene rings is 2. The van der Waals surface area contributed by atoms with E-state index >= 15 is 0 Å². The number of amides is 1. The molecule has 0 aliphatic heterocycles. The summed E-state index contributed by atoms with van der Waals surface area (Å²) in [6.07, 6.45) is 0. The van der Waals surface area contributed by atoms with Crippen molar-refractivity contribution in [2.24, 2.45) is 10.3 Å². The fourth-order valence-corrected chi connectivity index (χ4v) is 4.14. The molecule has 3 N–H and O–H groups in total.